The van der Waals surface area contributed by atoms with Crippen LogP contribution in [0, 0.1) is 0 Å². The second kappa shape index (κ2) is 54.8. The molecule has 1 N–H and O–H groups in total. The molecule has 0 aromatic carbocycles. The van der Waals surface area contributed by atoms with Crippen molar-refractivity contribution in [2.75, 3.05) is 40.9 Å². The molecule has 0 aromatic heterocycles. The van der Waals surface area contributed by atoms with Crippen molar-refractivity contribution >= 4 is 19.7 Å². The second-order valence-electron chi connectivity index (χ2n) is 22.2. The van der Waals surface area contributed by atoms with E-state index >= 15 is 0 Å². The number of quaternary nitrogens is 1. The van der Waals surface area contributed by atoms with Crippen LogP contribution in [0.15, 0.2) is 72.9 Å². The van der Waals surface area contributed by atoms with E-state index in [0.717, 1.165) is 89.9 Å². The van der Waals surface area contributed by atoms with Gasteiger partial charge in [-0.05, 0) is 76.7 Å². The number of hydrogen-bond acceptors (Lipinski definition) is 7. The molecule has 0 aliphatic rings. The predicted octanol–water partition coefficient (Wildman–Crippen LogP) is 18.6. The molecule has 0 rings (SSSR count). The molecule has 0 aromatic rings. The summed E-state index contributed by atoms with van der Waals surface area (Å²) in [7, 11) is 1.16. The van der Waals surface area contributed by atoms with Crippen molar-refractivity contribution in [1.82, 2.24) is 5.32 Å². The van der Waals surface area contributed by atoms with Crippen LogP contribution in [-0.2, 0) is 27.9 Å². The first kappa shape index (κ1) is 72.5. The summed E-state index contributed by atoms with van der Waals surface area (Å²) >= 11 is 0. The van der Waals surface area contributed by atoms with E-state index in [2.05, 4.69) is 86.8 Å². The van der Waals surface area contributed by atoms with Crippen molar-refractivity contribution in [2.45, 2.75) is 290 Å². The Morgan fingerprint density at radius 2 is 0.853 bits per heavy atom. The average Bonchev–Trinajstić information content (AvgIpc) is 3.37. The Labute approximate surface area is 463 Å². The standard InChI is InChI=1S/C65H119N2O7P/c1-7-10-13-16-19-22-25-27-29-31-33-35-37-39-42-45-48-51-54-57-64(68)66-62(61-73-75(70,71)72-60-59-67(4,5)6)63(56-53-50-47-44-41-24-21-18-15-12-9-3)74-65(69)58-55-52-49-46-43-40-38-36-34-32-30-28-26-23-20-17-14-11-8-2/h10,13,19,22,27,29,33,35,39,42,53,56,62-63H,7-9,11-12,14-18,20-21,23-26,28,30-32,34,36-38,40-41,43-52,54-55,57-61H2,1-6H3,(H-,66,68,70,71)/b13-10-,22-19-,29-27-,35-33-,42-39-,56-53+. The van der Waals surface area contributed by atoms with E-state index in [1.165, 1.54) is 148 Å². The van der Waals surface area contributed by atoms with E-state index in [0.29, 0.717) is 17.4 Å². The Kier molecular flexibility index (Phi) is 52.9. The first-order valence-electron chi connectivity index (χ1n) is 31.2. The highest BCUT2D eigenvalue weighted by Gasteiger charge is 2.27. The number of rotatable bonds is 56. The van der Waals surface area contributed by atoms with E-state index < -0.39 is 26.6 Å². The van der Waals surface area contributed by atoms with Gasteiger partial charge in [0.15, 0.2) is 0 Å². The number of unbranched alkanes of at least 4 members (excludes halogenated alkanes) is 30. The molecular weight excluding hydrogens is 952 g/mol. The van der Waals surface area contributed by atoms with Gasteiger partial charge in [-0.3, -0.25) is 14.2 Å². The van der Waals surface area contributed by atoms with Crippen LogP contribution in [0.4, 0.5) is 0 Å². The molecule has 436 valence electrons. The normalized spacial score (nSPS) is 14.2. The van der Waals surface area contributed by atoms with Crippen LogP contribution in [0.1, 0.15) is 278 Å². The molecule has 0 radical (unpaired) electrons. The van der Waals surface area contributed by atoms with Crippen molar-refractivity contribution in [3.63, 3.8) is 0 Å². The number of esters is 1. The van der Waals surface area contributed by atoms with Gasteiger partial charge in [0.2, 0.25) is 5.91 Å². The lowest BCUT2D eigenvalue weighted by Crippen LogP contribution is -2.47. The lowest BCUT2D eigenvalue weighted by atomic mass is 10.0. The van der Waals surface area contributed by atoms with E-state index in [-0.39, 0.29) is 31.3 Å². The van der Waals surface area contributed by atoms with Gasteiger partial charge < -0.3 is 28.5 Å². The number of nitrogens with zero attached hydrogens (tertiary/aromatic N) is 1. The summed E-state index contributed by atoms with van der Waals surface area (Å²) in [6.07, 6.45) is 70.2. The van der Waals surface area contributed by atoms with Crippen LogP contribution in [0.2, 0.25) is 0 Å². The summed E-state index contributed by atoms with van der Waals surface area (Å²) in [5.74, 6) is -0.573. The van der Waals surface area contributed by atoms with Crippen LogP contribution in [0.3, 0.4) is 0 Å². The van der Waals surface area contributed by atoms with Gasteiger partial charge in [-0.25, -0.2) is 0 Å². The van der Waals surface area contributed by atoms with Gasteiger partial charge in [0.05, 0.1) is 33.8 Å². The Bertz CT molecular complexity index is 1510. The fourth-order valence-electron chi connectivity index (χ4n) is 8.84. The first-order valence-corrected chi connectivity index (χ1v) is 32.7. The molecule has 0 aliphatic carbocycles. The predicted molar refractivity (Wildman–Crippen MR) is 321 cm³/mol. The number of phosphoric acid groups is 1. The molecule has 0 heterocycles. The Balaban J connectivity index is 5.25. The number of carbonyl (C=O) groups is 2. The van der Waals surface area contributed by atoms with E-state index in [1.54, 1.807) is 0 Å². The summed E-state index contributed by atoms with van der Waals surface area (Å²) in [5.41, 5.74) is 0. The van der Waals surface area contributed by atoms with Gasteiger partial charge in [-0.2, -0.15) is 0 Å². The van der Waals surface area contributed by atoms with Crippen LogP contribution in [0.5, 0.6) is 0 Å². The number of amides is 1. The Hall–Kier alpha value is -2.55. The molecule has 3 atom stereocenters. The van der Waals surface area contributed by atoms with Gasteiger partial charge >= 0.3 is 5.97 Å². The molecule has 1 amide bonds. The first-order chi connectivity index (χ1) is 36.4. The maximum absolute atomic E-state index is 13.5. The highest BCUT2D eigenvalue weighted by molar-refractivity contribution is 7.45. The zero-order valence-corrected chi connectivity index (χ0v) is 50.6. The highest BCUT2D eigenvalue weighted by atomic mass is 31.2. The van der Waals surface area contributed by atoms with Gasteiger partial charge in [0, 0.05) is 12.8 Å². The summed E-state index contributed by atoms with van der Waals surface area (Å²) in [5, 5.41) is 3.01. The summed E-state index contributed by atoms with van der Waals surface area (Å²) in [4.78, 5) is 40.0. The molecule has 75 heavy (non-hydrogen) atoms. The monoisotopic (exact) mass is 1070 g/mol. The van der Waals surface area contributed by atoms with Crippen molar-refractivity contribution in [1.29, 1.82) is 0 Å². The second-order valence-corrected chi connectivity index (χ2v) is 23.6. The van der Waals surface area contributed by atoms with Crippen LogP contribution < -0.4 is 10.2 Å². The largest absolute Gasteiger partial charge is 0.756 e. The number of carbonyl (C=O) groups excluding carboxylic acids is 2. The van der Waals surface area contributed by atoms with Crippen molar-refractivity contribution in [3.8, 4) is 0 Å². The third-order valence-corrected chi connectivity index (χ3v) is 14.6. The van der Waals surface area contributed by atoms with Gasteiger partial charge in [0.1, 0.15) is 19.3 Å². The molecule has 3 unspecified atom stereocenters. The smallest absolute Gasteiger partial charge is 0.306 e. The fraction of sp³-hybridized carbons (Fsp3) is 0.785. The number of allylic oxidation sites excluding steroid dienone is 11. The lowest BCUT2D eigenvalue weighted by Gasteiger charge is -2.30. The van der Waals surface area contributed by atoms with Gasteiger partial charge in [-0.15, -0.1) is 0 Å². The SMILES string of the molecule is CC/C=C\C/C=C\C/C=C\C/C=C\C/C=C\CCCCCC(=O)NC(COP(=O)([O-])OCC[N+](C)(C)C)C(/C=C/CCCCCCCCCCC)OC(=O)CCCCCCCCCCCCCCCCCCCCC. The van der Waals surface area contributed by atoms with Crippen molar-refractivity contribution < 1.29 is 37.3 Å². The highest BCUT2D eigenvalue weighted by Crippen LogP contribution is 2.38. The summed E-state index contributed by atoms with van der Waals surface area (Å²) in [6, 6.07) is -0.906. The zero-order valence-electron chi connectivity index (χ0n) is 49.7. The molecule has 0 saturated carbocycles. The van der Waals surface area contributed by atoms with E-state index in [1.807, 2.05) is 33.3 Å². The van der Waals surface area contributed by atoms with Crippen molar-refractivity contribution in [2.24, 2.45) is 0 Å². The Morgan fingerprint density at radius 1 is 0.480 bits per heavy atom. The number of likely N-dealkylation sites (N-methyl/N-ethyl adjacent to an activating group) is 1. The van der Waals surface area contributed by atoms with Crippen LogP contribution in [-0.4, -0.2) is 69.4 Å². The minimum absolute atomic E-state index is 0.0303. The molecular formula is C65H119N2O7P. The molecule has 9 nitrogen and oxygen atoms in total. The zero-order chi connectivity index (χ0) is 55.0. The van der Waals surface area contributed by atoms with Crippen LogP contribution in [0.25, 0.3) is 0 Å². The molecule has 0 spiro atoms. The third-order valence-electron chi connectivity index (χ3n) is 13.7. The molecule has 0 saturated heterocycles. The molecule has 10 heteroatoms. The maximum atomic E-state index is 13.5. The van der Waals surface area contributed by atoms with Gasteiger partial charge in [-0.1, -0.05) is 261 Å². The van der Waals surface area contributed by atoms with E-state index in [4.69, 9.17) is 13.8 Å². The summed E-state index contributed by atoms with van der Waals surface area (Å²) < 4.78 is 30.3. The number of phosphoric ester groups is 1. The van der Waals surface area contributed by atoms with Gasteiger partial charge in [0.25, 0.3) is 7.82 Å². The third kappa shape index (κ3) is 56.0. The lowest BCUT2D eigenvalue weighted by molar-refractivity contribution is -0.870. The topological polar surface area (TPSA) is 114 Å². The number of hydrogen-bond donors (Lipinski definition) is 1. The number of nitrogens with one attached hydrogen (secondary N) is 1. The summed E-state index contributed by atoms with van der Waals surface area (Å²) in [6.45, 7) is 6.71. The average molecular weight is 1070 g/mol. The number of ether oxygens (including phenoxy) is 1. The maximum Gasteiger partial charge on any atom is 0.306 e. The quantitative estimate of drug-likeness (QED) is 0.0212. The molecule has 0 aliphatic heterocycles. The minimum atomic E-state index is -4.71. The fourth-order valence-corrected chi connectivity index (χ4v) is 9.57. The molecule has 0 bridgehead atoms. The van der Waals surface area contributed by atoms with Crippen LogP contribution >= 0.6 is 7.82 Å². The molecule has 0 fully saturated rings. The minimum Gasteiger partial charge on any atom is -0.756 e. The Morgan fingerprint density at radius 3 is 1.29 bits per heavy atom. The van der Waals surface area contributed by atoms with Crippen molar-refractivity contribution in [3.05, 3.63) is 72.9 Å². The van der Waals surface area contributed by atoms with E-state index in [9.17, 15) is 19.0 Å².